The lowest BCUT2D eigenvalue weighted by Crippen LogP contribution is -2.55. The summed E-state index contributed by atoms with van der Waals surface area (Å²) in [4.78, 5) is 17.8. The fourth-order valence-electron chi connectivity index (χ4n) is 3.39. The van der Waals surface area contributed by atoms with Crippen molar-refractivity contribution < 1.29 is 22.8 Å². The highest BCUT2D eigenvalue weighted by Gasteiger charge is 2.47. The smallest absolute Gasteiger partial charge is 0.250 e. The topological polar surface area (TPSA) is 76.2 Å². The molecule has 0 aromatic rings. The van der Waals surface area contributed by atoms with Gasteiger partial charge in [-0.2, -0.15) is 4.31 Å². The summed E-state index contributed by atoms with van der Waals surface area (Å²) in [5, 5.41) is 1.39. The zero-order chi connectivity index (χ0) is 15.0. The Morgan fingerprint density at radius 3 is 2.81 bits per heavy atom. The Labute approximate surface area is 125 Å². The molecule has 0 aliphatic carbocycles. The first-order valence-corrected chi connectivity index (χ1v) is 9.19. The normalized spacial score (nSPS) is 34.1. The van der Waals surface area contributed by atoms with Crippen LogP contribution in [-0.2, 0) is 24.4 Å². The molecule has 0 aromatic carbocycles. The number of carbonyl (C=O) groups excluding carboxylic acids is 1. The lowest BCUT2D eigenvalue weighted by atomic mass is 9.91. The minimum absolute atomic E-state index is 0.0529. The molecule has 8 heteroatoms. The van der Waals surface area contributed by atoms with E-state index in [1.807, 2.05) is 0 Å². The van der Waals surface area contributed by atoms with Crippen molar-refractivity contribution >= 4 is 15.9 Å². The molecule has 0 spiro atoms. The molecule has 3 heterocycles. The molecule has 120 valence electrons. The van der Waals surface area contributed by atoms with Gasteiger partial charge >= 0.3 is 0 Å². The molecule has 0 aromatic heterocycles. The van der Waals surface area contributed by atoms with E-state index in [9.17, 15) is 13.2 Å². The van der Waals surface area contributed by atoms with E-state index in [2.05, 4.69) is 0 Å². The average Bonchev–Trinajstić information content (AvgIpc) is 3.16. The molecule has 3 atom stereocenters. The Balaban J connectivity index is 1.79. The number of hydrogen-bond acceptors (Lipinski definition) is 5. The minimum atomic E-state index is -3.32. The van der Waals surface area contributed by atoms with E-state index in [1.165, 1.54) is 9.37 Å². The Morgan fingerprint density at radius 1 is 1.33 bits per heavy atom. The third-order valence-electron chi connectivity index (χ3n) is 4.53. The van der Waals surface area contributed by atoms with Gasteiger partial charge in [-0.25, -0.2) is 13.5 Å². The van der Waals surface area contributed by atoms with Crippen LogP contribution < -0.4 is 0 Å². The van der Waals surface area contributed by atoms with Gasteiger partial charge in [-0.05, 0) is 26.2 Å². The van der Waals surface area contributed by atoms with Gasteiger partial charge in [-0.1, -0.05) is 0 Å². The number of hydrogen-bond donors (Lipinski definition) is 0. The fourth-order valence-corrected chi connectivity index (χ4v) is 4.78. The third kappa shape index (κ3) is 2.81. The van der Waals surface area contributed by atoms with E-state index in [1.54, 1.807) is 6.92 Å². The number of fused-ring (bicyclic) bond motifs is 1. The largest absolute Gasteiger partial charge is 0.376 e. The molecule has 3 aliphatic heterocycles. The van der Waals surface area contributed by atoms with Crippen LogP contribution in [-0.4, -0.2) is 67.9 Å². The number of hydroxylamine groups is 2. The summed E-state index contributed by atoms with van der Waals surface area (Å²) in [5.74, 6) is -0.432. The van der Waals surface area contributed by atoms with Crippen LogP contribution in [0.1, 0.15) is 26.2 Å². The zero-order valence-corrected chi connectivity index (χ0v) is 13.0. The van der Waals surface area contributed by atoms with Crippen molar-refractivity contribution in [3.05, 3.63) is 0 Å². The van der Waals surface area contributed by atoms with E-state index >= 15 is 0 Å². The molecule has 0 saturated carbocycles. The van der Waals surface area contributed by atoms with Gasteiger partial charge in [0.15, 0.2) is 0 Å². The van der Waals surface area contributed by atoms with Crippen LogP contribution >= 0.6 is 0 Å². The lowest BCUT2D eigenvalue weighted by Gasteiger charge is -2.39. The first-order valence-electron chi connectivity index (χ1n) is 7.58. The second kappa shape index (κ2) is 5.83. The summed E-state index contributed by atoms with van der Waals surface area (Å²) >= 11 is 0. The van der Waals surface area contributed by atoms with E-state index in [-0.39, 0.29) is 36.3 Å². The highest BCUT2D eigenvalue weighted by Crippen LogP contribution is 2.34. The monoisotopic (exact) mass is 318 g/mol. The predicted molar refractivity (Wildman–Crippen MR) is 74.7 cm³/mol. The summed E-state index contributed by atoms with van der Waals surface area (Å²) in [7, 11) is -3.32. The van der Waals surface area contributed by atoms with E-state index in [0.29, 0.717) is 32.6 Å². The predicted octanol–water partition coefficient (Wildman–Crippen LogP) is -0.0206. The average molecular weight is 318 g/mol. The van der Waals surface area contributed by atoms with Crippen molar-refractivity contribution in [2.24, 2.45) is 5.92 Å². The van der Waals surface area contributed by atoms with Crippen LogP contribution in [0.15, 0.2) is 0 Å². The molecule has 0 N–H and O–H groups in total. The van der Waals surface area contributed by atoms with Crippen LogP contribution in [0.25, 0.3) is 0 Å². The molecule has 3 rings (SSSR count). The van der Waals surface area contributed by atoms with Gasteiger partial charge in [-0.15, -0.1) is 0 Å². The maximum atomic E-state index is 12.5. The van der Waals surface area contributed by atoms with Crippen molar-refractivity contribution in [3.8, 4) is 0 Å². The maximum Gasteiger partial charge on any atom is 0.250 e. The maximum absolute atomic E-state index is 12.5. The van der Waals surface area contributed by atoms with Crippen molar-refractivity contribution in [1.82, 2.24) is 9.37 Å². The molecule has 1 amide bonds. The van der Waals surface area contributed by atoms with Crippen LogP contribution in [0.4, 0.5) is 0 Å². The van der Waals surface area contributed by atoms with Gasteiger partial charge < -0.3 is 4.74 Å². The highest BCUT2D eigenvalue weighted by molar-refractivity contribution is 7.89. The quantitative estimate of drug-likeness (QED) is 0.731. The summed E-state index contributed by atoms with van der Waals surface area (Å²) in [6, 6.07) is -0.113. The number of amides is 1. The van der Waals surface area contributed by atoms with E-state index < -0.39 is 10.0 Å². The molecule has 0 unspecified atom stereocenters. The number of piperidine rings is 1. The molecule has 7 nitrogen and oxygen atoms in total. The summed E-state index contributed by atoms with van der Waals surface area (Å²) in [5.41, 5.74) is 0. The van der Waals surface area contributed by atoms with Gasteiger partial charge in [0.05, 0.1) is 37.0 Å². The highest BCUT2D eigenvalue weighted by atomic mass is 32.2. The lowest BCUT2D eigenvalue weighted by molar-refractivity contribution is -0.176. The van der Waals surface area contributed by atoms with E-state index in [0.717, 1.165) is 6.42 Å². The second-order valence-electron chi connectivity index (χ2n) is 5.80. The van der Waals surface area contributed by atoms with Crippen LogP contribution in [0.2, 0.25) is 0 Å². The van der Waals surface area contributed by atoms with Gasteiger partial charge in [0.1, 0.15) is 0 Å². The SMILES string of the molecule is CCS(=O)(=O)N1C[C@@H](C(=O)N2CCCO2)C[C@H]2OCC[C@H]21. The van der Waals surface area contributed by atoms with Gasteiger partial charge in [0, 0.05) is 13.2 Å². The number of rotatable bonds is 3. The third-order valence-corrected chi connectivity index (χ3v) is 6.40. The number of sulfonamides is 1. The van der Waals surface area contributed by atoms with Crippen LogP contribution in [0.3, 0.4) is 0 Å². The van der Waals surface area contributed by atoms with Crippen molar-refractivity contribution in [3.63, 3.8) is 0 Å². The Hall–Kier alpha value is -0.700. The van der Waals surface area contributed by atoms with Crippen LogP contribution in [0.5, 0.6) is 0 Å². The molecular weight excluding hydrogens is 296 g/mol. The van der Waals surface area contributed by atoms with Gasteiger partial charge in [-0.3, -0.25) is 9.63 Å². The molecule has 3 fully saturated rings. The molecule has 21 heavy (non-hydrogen) atoms. The summed E-state index contributed by atoms with van der Waals surface area (Å²) < 4.78 is 31.7. The fraction of sp³-hybridized carbons (Fsp3) is 0.923. The first kappa shape index (κ1) is 15.2. The molecule has 0 bridgehead atoms. The number of nitrogens with zero attached hydrogens (tertiary/aromatic N) is 2. The van der Waals surface area contributed by atoms with Gasteiger partial charge in [0.2, 0.25) is 10.0 Å². The van der Waals surface area contributed by atoms with Crippen LogP contribution in [0, 0.1) is 5.92 Å². The molecular formula is C13H22N2O5S. The molecule has 0 radical (unpaired) electrons. The first-order chi connectivity index (χ1) is 10.0. The Kier molecular flexibility index (Phi) is 4.22. The Bertz CT molecular complexity index is 503. The van der Waals surface area contributed by atoms with Crippen molar-refractivity contribution in [2.45, 2.75) is 38.3 Å². The second-order valence-corrected chi connectivity index (χ2v) is 8.01. The number of carbonyl (C=O) groups is 1. The minimum Gasteiger partial charge on any atom is -0.376 e. The number of ether oxygens (including phenoxy) is 1. The molecule has 3 saturated heterocycles. The summed E-state index contributed by atoms with van der Waals surface area (Å²) in [6.45, 7) is 3.59. The van der Waals surface area contributed by atoms with Crippen molar-refractivity contribution in [2.75, 3.05) is 32.1 Å². The standard InChI is InChI=1S/C13H22N2O5S/c1-2-21(17,18)15-9-10(8-12-11(15)4-7-19-12)13(16)14-5-3-6-20-14/h10-12H,2-9H2,1H3/t10-,11+,12+/m0/s1. The summed E-state index contributed by atoms with van der Waals surface area (Å²) in [6.07, 6.45) is 1.96. The zero-order valence-electron chi connectivity index (χ0n) is 12.2. The molecule has 3 aliphatic rings. The van der Waals surface area contributed by atoms with Crippen molar-refractivity contribution in [1.29, 1.82) is 0 Å². The van der Waals surface area contributed by atoms with E-state index in [4.69, 9.17) is 9.57 Å². The Morgan fingerprint density at radius 2 is 2.14 bits per heavy atom. The van der Waals surface area contributed by atoms with Gasteiger partial charge in [0.25, 0.3) is 5.91 Å².